The number of primary sulfonamides is 1. The van der Waals surface area contributed by atoms with E-state index in [4.69, 9.17) is 5.14 Å². The fraction of sp³-hybridized carbons (Fsp3) is 0.533. The summed E-state index contributed by atoms with van der Waals surface area (Å²) in [5, 5.41) is 7.90. The molecule has 5 nitrogen and oxygen atoms in total. The number of nitrogens with two attached hydrogens (primary N) is 1. The van der Waals surface area contributed by atoms with Crippen molar-refractivity contribution < 1.29 is 13.2 Å². The van der Waals surface area contributed by atoms with Crippen molar-refractivity contribution in [2.45, 2.75) is 57.3 Å². The van der Waals surface area contributed by atoms with Crippen LogP contribution in [0, 0.1) is 6.92 Å². The summed E-state index contributed by atoms with van der Waals surface area (Å²) in [5.41, 5.74) is 0.972. The smallest absolute Gasteiger partial charge is 0.238 e. The Morgan fingerprint density at radius 1 is 1.19 bits per heavy atom. The lowest BCUT2D eigenvalue weighted by Gasteiger charge is -2.11. The van der Waals surface area contributed by atoms with Crippen molar-refractivity contribution in [2.24, 2.45) is 5.14 Å². The minimum absolute atomic E-state index is 0.0447. The molecule has 0 spiro atoms. The number of carbonyl (C=O) groups excluding carboxylic acids is 1. The molecule has 1 rings (SSSR count). The molecule has 0 saturated carbocycles. The molecule has 0 bridgehead atoms. The lowest BCUT2D eigenvalue weighted by Crippen LogP contribution is -2.16. The van der Waals surface area contributed by atoms with Crippen LogP contribution in [0.1, 0.15) is 51.0 Å². The average Bonchev–Trinajstić information content (AvgIpc) is 2.39. The van der Waals surface area contributed by atoms with Crippen molar-refractivity contribution in [3.63, 3.8) is 0 Å². The Morgan fingerprint density at radius 3 is 2.48 bits per heavy atom. The SMILES string of the molecule is CCCCCCCC(=O)Nc1cccc(S(N)(=O)=O)c1C. The Kier molecular flexibility index (Phi) is 6.84. The van der Waals surface area contributed by atoms with Gasteiger partial charge in [0.2, 0.25) is 15.9 Å². The molecule has 0 fully saturated rings. The highest BCUT2D eigenvalue weighted by molar-refractivity contribution is 7.89. The van der Waals surface area contributed by atoms with Crippen LogP contribution in [0.2, 0.25) is 0 Å². The van der Waals surface area contributed by atoms with E-state index in [-0.39, 0.29) is 10.8 Å². The molecule has 1 amide bonds. The van der Waals surface area contributed by atoms with Crippen LogP contribution in [-0.4, -0.2) is 14.3 Å². The zero-order valence-electron chi connectivity index (χ0n) is 12.7. The number of anilines is 1. The van der Waals surface area contributed by atoms with E-state index in [2.05, 4.69) is 12.2 Å². The van der Waals surface area contributed by atoms with Crippen molar-refractivity contribution in [1.29, 1.82) is 0 Å². The third-order valence-corrected chi connectivity index (χ3v) is 4.43. The van der Waals surface area contributed by atoms with Gasteiger partial charge in [-0.1, -0.05) is 38.7 Å². The lowest BCUT2D eigenvalue weighted by atomic mass is 10.1. The summed E-state index contributed by atoms with van der Waals surface area (Å²) < 4.78 is 22.9. The molecule has 0 saturated heterocycles. The second kappa shape index (κ2) is 8.14. The fourth-order valence-corrected chi connectivity index (χ4v) is 2.96. The van der Waals surface area contributed by atoms with Gasteiger partial charge in [0.15, 0.2) is 0 Å². The molecule has 0 radical (unpaired) electrons. The topological polar surface area (TPSA) is 89.3 Å². The van der Waals surface area contributed by atoms with Gasteiger partial charge in [-0.05, 0) is 31.0 Å². The molecule has 0 aliphatic rings. The number of nitrogens with one attached hydrogen (secondary N) is 1. The summed E-state index contributed by atoms with van der Waals surface area (Å²) in [6.45, 7) is 3.78. The standard InChI is InChI=1S/C15H24N2O3S/c1-3-4-5-6-7-11-15(18)17-13-9-8-10-14(12(13)2)21(16,19)20/h8-10H,3-7,11H2,1-2H3,(H,17,18)(H2,16,19,20). The predicted molar refractivity (Wildman–Crippen MR) is 84.6 cm³/mol. The van der Waals surface area contributed by atoms with Crippen LogP contribution in [0.15, 0.2) is 23.1 Å². The fourth-order valence-electron chi connectivity index (χ4n) is 2.16. The number of sulfonamides is 1. The summed E-state index contributed by atoms with van der Waals surface area (Å²) in [5.74, 6) is -0.0961. The van der Waals surface area contributed by atoms with Gasteiger partial charge in [-0.15, -0.1) is 0 Å². The van der Waals surface area contributed by atoms with E-state index < -0.39 is 10.0 Å². The predicted octanol–water partition coefficient (Wildman–Crippen LogP) is 2.94. The van der Waals surface area contributed by atoms with Crippen LogP contribution < -0.4 is 10.5 Å². The van der Waals surface area contributed by atoms with E-state index in [1.165, 1.54) is 18.9 Å². The molecular weight excluding hydrogens is 288 g/mol. The quantitative estimate of drug-likeness (QED) is 0.723. The second-order valence-electron chi connectivity index (χ2n) is 5.19. The van der Waals surface area contributed by atoms with E-state index in [1.54, 1.807) is 19.1 Å². The zero-order valence-corrected chi connectivity index (χ0v) is 13.5. The van der Waals surface area contributed by atoms with Crippen molar-refractivity contribution in [3.8, 4) is 0 Å². The van der Waals surface area contributed by atoms with Crippen LogP contribution in [-0.2, 0) is 14.8 Å². The van der Waals surface area contributed by atoms with E-state index in [1.807, 2.05) is 0 Å². The van der Waals surface area contributed by atoms with Gasteiger partial charge in [-0.3, -0.25) is 4.79 Å². The molecule has 21 heavy (non-hydrogen) atoms. The maximum Gasteiger partial charge on any atom is 0.238 e. The number of benzene rings is 1. The molecule has 0 aromatic heterocycles. The van der Waals surface area contributed by atoms with Crippen molar-refractivity contribution >= 4 is 21.6 Å². The van der Waals surface area contributed by atoms with Crippen LogP contribution in [0.5, 0.6) is 0 Å². The number of rotatable bonds is 8. The lowest BCUT2D eigenvalue weighted by molar-refractivity contribution is -0.116. The maximum absolute atomic E-state index is 11.9. The third kappa shape index (κ3) is 5.85. The van der Waals surface area contributed by atoms with Gasteiger partial charge < -0.3 is 5.32 Å². The Bertz CT molecular complexity index is 583. The number of amides is 1. The largest absolute Gasteiger partial charge is 0.326 e. The molecule has 1 aromatic carbocycles. The summed E-state index contributed by atoms with van der Waals surface area (Å²) in [4.78, 5) is 11.9. The van der Waals surface area contributed by atoms with Crippen molar-refractivity contribution in [1.82, 2.24) is 0 Å². The van der Waals surface area contributed by atoms with Crippen LogP contribution in [0.25, 0.3) is 0 Å². The Morgan fingerprint density at radius 2 is 1.86 bits per heavy atom. The number of hydrogen-bond acceptors (Lipinski definition) is 3. The summed E-state index contributed by atoms with van der Waals surface area (Å²) in [7, 11) is -3.77. The monoisotopic (exact) mass is 312 g/mol. The van der Waals surface area contributed by atoms with Crippen LogP contribution in [0.3, 0.4) is 0 Å². The molecule has 6 heteroatoms. The van der Waals surface area contributed by atoms with Gasteiger partial charge in [-0.25, -0.2) is 13.6 Å². The first kappa shape index (κ1) is 17.7. The number of hydrogen-bond donors (Lipinski definition) is 2. The maximum atomic E-state index is 11.9. The molecule has 0 unspecified atom stereocenters. The second-order valence-corrected chi connectivity index (χ2v) is 6.72. The number of carbonyl (C=O) groups is 1. The van der Waals surface area contributed by atoms with E-state index in [9.17, 15) is 13.2 Å². The average molecular weight is 312 g/mol. The third-order valence-electron chi connectivity index (χ3n) is 3.37. The summed E-state index contributed by atoms with van der Waals surface area (Å²) in [6.07, 6.45) is 5.84. The molecular formula is C15H24N2O3S. The van der Waals surface area contributed by atoms with Crippen LogP contribution in [0.4, 0.5) is 5.69 Å². The summed E-state index contributed by atoms with van der Waals surface area (Å²) in [6, 6.07) is 4.69. The van der Waals surface area contributed by atoms with Gasteiger partial charge in [0.05, 0.1) is 4.90 Å². The van der Waals surface area contributed by atoms with E-state index >= 15 is 0 Å². The first-order chi connectivity index (χ1) is 9.86. The molecule has 0 atom stereocenters. The zero-order chi connectivity index (χ0) is 15.9. The minimum Gasteiger partial charge on any atom is -0.326 e. The Hall–Kier alpha value is -1.40. The first-order valence-electron chi connectivity index (χ1n) is 7.28. The van der Waals surface area contributed by atoms with Crippen molar-refractivity contribution in [2.75, 3.05) is 5.32 Å². The van der Waals surface area contributed by atoms with E-state index in [0.717, 1.165) is 19.3 Å². The Labute approximate surface area is 127 Å². The van der Waals surface area contributed by atoms with Gasteiger partial charge in [0.1, 0.15) is 0 Å². The van der Waals surface area contributed by atoms with Crippen molar-refractivity contribution in [3.05, 3.63) is 23.8 Å². The molecule has 118 valence electrons. The summed E-state index contributed by atoms with van der Waals surface area (Å²) >= 11 is 0. The highest BCUT2D eigenvalue weighted by atomic mass is 32.2. The van der Waals surface area contributed by atoms with Gasteiger partial charge in [0, 0.05) is 12.1 Å². The van der Waals surface area contributed by atoms with E-state index in [0.29, 0.717) is 17.7 Å². The van der Waals surface area contributed by atoms with Crippen LogP contribution >= 0.6 is 0 Å². The normalized spacial score (nSPS) is 11.4. The first-order valence-corrected chi connectivity index (χ1v) is 8.83. The molecule has 3 N–H and O–H groups in total. The molecule has 0 aliphatic carbocycles. The van der Waals surface area contributed by atoms with Gasteiger partial charge in [0.25, 0.3) is 0 Å². The highest BCUT2D eigenvalue weighted by Crippen LogP contribution is 2.22. The highest BCUT2D eigenvalue weighted by Gasteiger charge is 2.14. The number of unbranched alkanes of at least 4 members (excludes halogenated alkanes) is 4. The molecule has 0 heterocycles. The molecule has 0 aliphatic heterocycles. The minimum atomic E-state index is -3.77. The molecule has 1 aromatic rings. The van der Waals surface area contributed by atoms with Gasteiger partial charge >= 0.3 is 0 Å². The van der Waals surface area contributed by atoms with Gasteiger partial charge in [-0.2, -0.15) is 0 Å². The Balaban J connectivity index is 2.61.